The van der Waals surface area contributed by atoms with Gasteiger partial charge in [0, 0.05) is 11.0 Å². The van der Waals surface area contributed by atoms with Crippen molar-refractivity contribution < 1.29 is 0 Å². The van der Waals surface area contributed by atoms with Gasteiger partial charge in [-0.25, -0.2) is 0 Å². The molecule has 0 amide bonds. The van der Waals surface area contributed by atoms with Crippen LogP contribution in [-0.4, -0.2) is 10.2 Å². The number of hydrogen-bond donors (Lipinski definition) is 2. The molecular weight excluding hydrogens is 198 g/mol. The number of nitrogens with two attached hydrogens (primary N) is 1. The Bertz CT molecular complexity index is 509. The van der Waals surface area contributed by atoms with Gasteiger partial charge in [0.05, 0.1) is 5.69 Å². The lowest BCUT2D eigenvalue weighted by Gasteiger charge is -2.14. The molecule has 0 radical (unpaired) electrons. The number of benzene rings is 1. The van der Waals surface area contributed by atoms with Gasteiger partial charge in [-0.3, -0.25) is 5.10 Å². The zero-order valence-corrected chi connectivity index (χ0v) is 9.33. The molecule has 0 bridgehead atoms. The number of anilines is 1. The molecule has 3 heteroatoms. The van der Waals surface area contributed by atoms with Crippen LogP contribution in [0.4, 0.5) is 5.82 Å². The summed E-state index contributed by atoms with van der Waals surface area (Å²) in [5.41, 5.74) is 9.60. The summed E-state index contributed by atoms with van der Waals surface area (Å²) >= 11 is 0. The molecule has 1 heterocycles. The normalized spacial score (nSPS) is 17.3. The highest BCUT2D eigenvalue weighted by atomic mass is 15.2. The third-order valence-electron chi connectivity index (χ3n) is 3.60. The van der Waals surface area contributed by atoms with Crippen LogP contribution in [0, 0.1) is 6.92 Å². The minimum atomic E-state index is 0.149. The van der Waals surface area contributed by atoms with E-state index in [0.29, 0.717) is 5.82 Å². The molecule has 16 heavy (non-hydrogen) atoms. The fraction of sp³-hybridized carbons (Fsp3) is 0.308. The highest BCUT2D eigenvalue weighted by molar-refractivity contribution is 5.51. The first-order valence-corrected chi connectivity index (χ1v) is 5.60. The van der Waals surface area contributed by atoms with Crippen molar-refractivity contribution in [3.63, 3.8) is 0 Å². The third kappa shape index (κ3) is 1.18. The van der Waals surface area contributed by atoms with Crippen molar-refractivity contribution in [2.24, 2.45) is 0 Å². The quantitative estimate of drug-likeness (QED) is 0.804. The van der Waals surface area contributed by atoms with Gasteiger partial charge in [0.1, 0.15) is 5.82 Å². The highest BCUT2D eigenvalue weighted by Crippen LogP contribution is 2.53. The van der Waals surface area contributed by atoms with Crippen LogP contribution in [0.25, 0.3) is 0 Å². The maximum Gasteiger partial charge on any atom is 0.148 e. The molecule has 3 nitrogen and oxygen atoms in total. The van der Waals surface area contributed by atoms with Crippen molar-refractivity contribution in [3.05, 3.63) is 47.2 Å². The van der Waals surface area contributed by atoms with Crippen molar-refractivity contribution >= 4 is 5.82 Å². The van der Waals surface area contributed by atoms with Gasteiger partial charge in [-0.15, -0.1) is 0 Å². The van der Waals surface area contributed by atoms with Crippen molar-refractivity contribution in [2.75, 3.05) is 5.73 Å². The fourth-order valence-corrected chi connectivity index (χ4v) is 2.44. The molecular formula is C13H15N3. The van der Waals surface area contributed by atoms with Gasteiger partial charge in [-0.1, -0.05) is 30.3 Å². The second-order valence-electron chi connectivity index (χ2n) is 4.56. The zero-order chi connectivity index (χ0) is 11.2. The zero-order valence-electron chi connectivity index (χ0n) is 9.33. The van der Waals surface area contributed by atoms with E-state index in [1.54, 1.807) is 0 Å². The van der Waals surface area contributed by atoms with Crippen molar-refractivity contribution in [2.45, 2.75) is 25.2 Å². The summed E-state index contributed by atoms with van der Waals surface area (Å²) in [7, 11) is 0. The Morgan fingerprint density at radius 1 is 1.25 bits per heavy atom. The number of nitrogens with zero attached hydrogens (tertiary/aromatic N) is 1. The first kappa shape index (κ1) is 9.46. The lowest BCUT2D eigenvalue weighted by atomic mass is 9.90. The van der Waals surface area contributed by atoms with E-state index < -0.39 is 0 Å². The predicted octanol–water partition coefficient (Wildman–Crippen LogP) is 2.38. The average molecular weight is 213 g/mol. The van der Waals surface area contributed by atoms with Crippen molar-refractivity contribution in [1.29, 1.82) is 0 Å². The van der Waals surface area contributed by atoms with Crippen LogP contribution < -0.4 is 5.73 Å². The first-order valence-electron chi connectivity index (χ1n) is 5.60. The van der Waals surface area contributed by atoms with E-state index in [2.05, 4.69) is 34.5 Å². The topological polar surface area (TPSA) is 54.7 Å². The molecule has 1 fully saturated rings. The molecule has 82 valence electrons. The van der Waals surface area contributed by atoms with E-state index in [-0.39, 0.29) is 5.41 Å². The van der Waals surface area contributed by atoms with Gasteiger partial charge in [0.15, 0.2) is 0 Å². The van der Waals surface area contributed by atoms with Crippen molar-refractivity contribution in [1.82, 2.24) is 10.2 Å². The number of nitrogens with one attached hydrogen (secondary N) is 1. The van der Waals surface area contributed by atoms with Gasteiger partial charge >= 0.3 is 0 Å². The predicted molar refractivity (Wildman–Crippen MR) is 64.2 cm³/mol. The smallest absolute Gasteiger partial charge is 0.148 e. The molecule has 0 aliphatic heterocycles. The summed E-state index contributed by atoms with van der Waals surface area (Å²) in [5, 5.41) is 7.20. The fourth-order valence-electron chi connectivity index (χ4n) is 2.44. The van der Waals surface area contributed by atoms with Crippen LogP contribution in [0.5, 0.6) is 0 Å². The van der Waals surface area contributed by atoms with Gasteiger partial charge in [0.25, 0.3) is 0 Å². The number of aromatic nitrogens is 2. The molecule has 3 rings (SSSR count). The Morgan fingerprint density at radius 3 is 2.44 bits per heavy atom. The monoisotopic (exact) mass is 213 g/mol. The summed E-state index contributed by atoms with van der Waals surface area (Å²) in [4.78, 5) is 0. The highest BCUT2D eigenvalue weighted by Gasteiger charge is 2.48. The summed E-state index contributed by atoms with van der Waals surface area (Å²) in [5.74, 6) is 0.622. The van der Waals surface area contributed by atoms with Crippen LogP contribution in [-0.2, 0) is 5.41 Å². The maximum absolute atomic E-state index is 5.80. The van der Waals surface area contributed by atoms with Crippen LogP contribution in [0.1, 0.15) is 29.7 Å². The molecule has 1 aliphatic rings. The average Bonchev–Trinajstić information content (AvgIpc) is 3.05. The Labute approximate surface area is 94.7 Å². The summed E-state index contributed by atoms with van der Waals surface area (Å²) in [6.45, 7) is 2.04. The molecule has 0 saturated heterocycles. The van der Waals surface area contributed by atoms with Gasteiger partial charge < -0.3 is 5.73 Å². The maximum atomic E-state index is 5.80. The van der Waals surface area contributed by atoms with Crippen molar-refractivity contribution in [3.8, 4) is 0 Å². The number of aromatic amines is 1. The first-order chi connectivity index (χ1) is 7.74. The minimum absolute atomic E-state index is 0.149. The Hall–Kier alpha value is -1.77. The summed E-state index contributed by atoms with van der Waals surface area (Å²) in [6, 6.07) is 10.6. The third-order valence-corrected chi connectivity index (χ3v) is 3.60. The lowest BCUT2D eigenvalue weighted by Crippen LogP contribution is -2.10. The molecule has 2 aromatic rings. The SMILES string of the molecule is Cc1c(N)n[nH]c1C1(c2ccccc2)CC1. The molecule has 0 spiro atoms. The molecule has 0 atom stereocenters. The minimum Gasteiger partial charge on any atom is -0.382 e. The van der Waals surface area contributed by atoms with Crippen LogP contribution in [0.2, 0.25) is 0 Å². The Balaban J connectivity index is 2.10. The molecule has 1 aromatic carbocycles. The van der Waals surface area contributed by atoms with Crippen LogP contribution in [0.15, 0.2) is 30.3 Å². The molecule has 1 saturated carbocycles. The van der Waals surface area contributed by atoms with Crippen LogP contribution >= 0.6 is 0 Å². The van der Waals surface area contributed by atoms with Gasteiger partial charge in [0.2, 0.25) is 0 Å². The largest absolute Gasteiger partial charge is 0.382 e. The van der Waals surface area contributed by atoms with E-state index in [1.807, 2.05) is 13.0 Å². The standard InChI is InChI=1S/C13H15N3/c1-9-11(15-16-12(9)14)13(7-8-13)10-5-3-2-4-6-10/h2-6H,7-8H2,1H3,(H3,14,15,16). The van der Waals surface area contributed by atoms with Gasteiger partial charge in [-0.2, -0.15) is 5.10 Å². The van der Waals surface area contributed by atoms with E-state index in [1.165, 1.54) is 24.1 Å². The van der Waals surface area contributed by atoms with E-state index in [9.17, 15) is 0 Å². The van der Waals surface area contributed by atoms with E-state index >= 15 is 0 Å². The Morgan fingerprint density at radius 2 is 1.94 bits per heavy atom. The molecule has 1 aromatic heterocycles. The summed E-state index contributed by atoms with van der Waals surface area (Å²) in [6.07, 6.45) is 2.36. The second kappa shape index (κ2) is 3.11. The molecule has 3 N–H and O–H groups in total. The van der Waals surface area contributed by atoms with E-state index in [4.69, 9.17) is 5.73 Å². The Kier molecular flexibility index (Phi) is 1.84. The second-order valence-corrected chi connectivity index (χ2v) is 4.56. The van der Waals surface area contributed by atoms with E-state index in [0.717, 1.165) is 5.56 Å². The van der Waals surface area contributed by atoms with Gasteiger partial charge in [-0.05, 0) is 25.3 Å². The molecule has 1 aliphatic carbocycles. The number of nitrogen functional groups attached to an aromatic ring is 1. The summed E-state index contributed by atoms with van der Waals surface area (Å²) < 4.78 is 0. The molecule has 0 unspecified atom stereocenters. The number of rotatable bonds is 2. The number of hydrogen-bond acceptors (Lipinski definition) is 2. The number of H-pyrrole nitrogens is 1. The van der Waals surface area contributed by atoms with Crippen LogP contribution in [0.3, 0.4) is 0 Å². The lowest BCUT2D eigenvalue weighted by molar-refractivity contribution is 0.785.